The number of hydrogen-bond donors (Lipinski definition) is 2. The van der Waals surface area contributed by atoms with Crippen LogP contribution in [0.25, 0.3) is 0 Å². The van der Waals surface area contributed by atoms with E-state index in [9.17, 15) is 4.21 Å². The van der Waals surface area contributed by atoms with Crippen molar-refractivity contribution in [1.29, 1.82) is 0 Å². The van der Waals surface area contributed by atoms with Gasteiger partial charge in [0, 0.05) is 10.7 Å². The molecule has 5 heteroatoms. The third-order valence-electron chi connectivity index (χ3n) is 3.27. The molecule has 0 unspecified atom stereocenters. The van der Waals surface area contributed by atoms with E-state index in [0.29, 0.717) is 10.7 Å². The maximum absolute atomic E-state index is 12.5. The number of benzene rings is 2. The second kappa shape index (κ2) is 6.82. The highest BCUT2D eigenvalue weighted by Gasteiger charge is 2.25. The number of hydrogen-bond acceptors (Lipinski definition) is 2. The lowest BCUT2D eigenvalue weighted by atomic mass is 9.98. The van der Waals surface area contributed by atoms with Gasteiger partial charge in [-0.2, -0.15) is 0 Å². The third-order valence-corrected chi connectivity index (χ3v) is 5.07. The van der Waals surface area contributed by atoms with E-state index in [4.69, 9.17) is 17.3 Å². The molecule has 0 fully saturated rings. The van der Waals surface area contributed by atoms with E-state index in [1.54, 1.807) is 12.1 Å². The molecule has 0 aromatic heterocycles. The van der Waals surface area contributed by atoms with Crippen LogP contribution in [0.4, 0.5) is 5.69 Å². The Hall–Kier alpha value is -1.36. The Balaban J connectivity index is 2.47. The Labute approximate surface area is 139 Å². The molecule has 0 saturated heterocycles. The van der Waals surface area contributed by atoms with Crippen molar-refractivity contribution < 1.29 is 4.21 Å². The zero-order valence-corrected chi connectivity index (χ0v) is 14.5. The molecule has 0 amide bonds. The summed E-state index contributed by atoms with van der Waals surface area (Å²) in [6, 6.07) is 14.9. The van der Waals surface area contributed by atoms with Gasteiger partial charge in [-0.05, 0) is 50.1 Å². The van der Waals surface area contributed by atoms with Crippen molar-refractivity contribution in [3.05, 3.63) is 64.7 Å². The fourth-order valence-corrected chi connectivity index (χ4v) is 3.05. The normalized spacial score (nSPS) is 14.5. The van der Waals surface area contributed by atoms with Gasteiger partial charge in [-0.15, -0.1) is 0 Å². The summed E-state index contributed by atoms with van der Waals surface area (Å²) in [6.45, 7) is 5.79. The van der Waals surface area contributed by atoms with Crippen LogP contribution < -0.4 is 10.5 Å². The predicted molar refractivity (Wildman–Crippen MR) is 95.2 cm³/mol. The van der Waals surface area contributed by atoms with Crippen molar-refractivity contribution in [2.75, 3.05) is 5.73 Å². The monoisotopic (exact) mass is 336 g/mol. The summed E-state index contributed by atoms with van der Waals surface area (Å²) in [5.41, 5.74) is 8.56. The van der Waals surface area contributed by atoms with Crippen molar-refractivity contribution in [2.45, 2.75) is 31.6 Å². The van der Waals surface area contributed by atoms with Crippen LogP contribution in [-0.2, 0) is 11.0 Å². The van der Waals surface area contributed by atoms with E-state index in [1.165, 1.54) is 0 Å². The van der Waals surface area contributed by atoms with Crippen LogP contribution in [0.3, 0.4) is 0 Å². The zero-order valence-electron chi connectivity index (χ0n) is 13.0. The van der Waals surface area contributed by atoms with Gasteiger partial charge in [0.1, 0.15) is 0 Å². The Morgan fingerprint density at radius 2 is 1.77 bits per heavy atom. The third kappa shape index (κ3) is 4.09. The molecule has 118 valence electrons. The first-order valence-electron chi connectivity index (χ1n) is 7.07. The van der Waals surface area contributed by atoms with Gasteiger partial charge in [0.2, 0.25) is 0 Å². The molecule has 0 aliphatic carbocycles. The maximum atomic E-state index is 12.5. The van der Waals surface area contributed by atoms with Gasteiger partial charge in [-0.1, -0.05) is 41.9 Å². The minimum atomic E-state index is -1.23. The molecule has 0 heterocycles. The lowest BCUT2D eigenvalue weighted by molar-refractivity contribution is 0.624. The quantitative estimate of drug-likeness (QED) is 0.827. The highest BCUT2D eigenvalue weighted by molar-refractivity contribution is 7.84. The van der Waals surface area contributed by atoms with E-state index in [0.717, 1.165) is 11.1 Å². The number of anilines is 1. The van der Waals surface area contributed by atoms with Gasteiger partial charge >= 0.3 is 0 Å². The van der Waals surface area contributed by atoms with E-state index >= 15 is 0 Å². The summed E-state index contributed by atoms with van der Waals surface area (Å²) in [4.78, 5) is 0. The van der Waals surface area contributed by atoms with Gasteiger partial charge in [0.25, 0.3) is 0 Å². The Kier molecular flexibility index (Phi) is 5.27. The molecule has 2 rings (SSSR count). The predicted octanol–water partition coefficient (Wildman–Crippen LogP) is 4.06. The lowest BCUT2D eigenvalue weighted by Gasteiger charge is -2.26. The SMILES string of the molecule is CC(C)(C)[S@@](=O)N[C@@H](c1ccccc1)c1cc(Cl)ccc1N. The highest BCUT2D eigenvalue weighted by atomic mass is 35.5. The smallest absolute Gasteiger partial charge is 0.0979 e. The van der Waals surface area contributed by atoms with Crippen molar-refractivity contribution >= 4 is 28.3 Å². The minimum Gasteiger partial charge on any atom is -0.398 e. The Morgan fingerprint density at radius 3 is 2.36 bits per heavy atom. The molecule has 0 aliphatic heterocycles. The molecule has 0 bridgehead atoms. The number of halogens is 1. The van der Waals surface area contributed by atoms with Crippen LogP contribution in [0.5, 0.6) is 0 Å². The highest BCUT2D eigenvalue weighted by Crippen LogP contribution is 2.30. The summed E-state index contributed by atoms with van der Waals surface area (Å²) in [7, 11) is -1.23. The molecule has 3 N–H and O–H groups in total. The Bertz CT molecular complexity index is 668. The maximum Gasteiger partial charge on any atom is 0.0979 e. The van der Waals surface area contributed by atoms with Crippen LogP contribution in [0.15, 0.2) is 48.5 Å². The van der Waals surface area contributed by atoms with E-state index < -0.39 is 11.0 Å². The first-order chi connectivity index (χ1) is 10.3. The summed E-state index contributed by atoms with van der Waals surface area (Å²) < 4.78 is 15.4. The van der Waals surface area contributed by atoms with E-state index in [2.05, 4.69) is 4.72 Å². The second-order valence-corrected chi connectivity index (χ2v) is 8.55. The van der Waals surface area contributed by atoms with Gasteiger partial charge in [-0.25, -0.2) is 8.93 Å². The molecular formula is C17H21ClN2OS. The van der Waals surface area contributed by atoms with E-state index in [1.807, 2.05) is 57.2 Å². The van der Waals surface area contributed by atoms with Crippen molar-refractivity contribution in [1.82, 2.24) is 4.72 Å². The number of nitrogens with one attached hydrogen (secondary N) is 1. The standard InChI is InChI=1S/C17H21ClN2OS/c1-17(2,3)22(21)20-16(12-7-5-4-6-8-12)14-11-13(18)9-10-15(14)19/h4-11,16,20H,19H2,1-3H3/t16-,22+/m0/s1. The van der Waals surface area contributed by atoms with E-state index in [-0.39, 0.29) is 10.8 Å². The van der Waals surface area contributed by atoms with Gasteiger partial charge in [0.15, 0.2) is 0 Å². The average molecular weight is 337 g/mol. The molecule has 3 nitrogen and oxygen atoms in total. The van der Waals surface area contributed by atoms with Crippen LogP contribution in [0.2, 0.25) is 5.02 Å². The molecule has 0 radical (unpaired) electrons. The number of nitrogens with two attached hydrogens (primary N) is 1. The summed E-state index contributed by atoms with van der Waals surface area (Å²) in [5, 5.41) is 0.605. The first kappa shape index (κ1) is 17.0. The Morgan fingerprint density at radius 1 is 1.14 bits per heavy atom. The molecule has 22 heavy (non-hydrogen) atoms. The van der Waals surface area contributed by atoms with Gasteiger partial charge in [-0.3, -0.25) is 0 Å². The number of nitrogen functional groups attached to an aromatic ring is 1. The summed E-state index contributed by atoms with van der Waals surface area (Å²) in [6.07, 6.45) is 0. The van der Waals surface area contributed by atoms with Gasteiger partial charge < -0.3 is 5.73 Å². The molecule has 0 saturated carbocycles. The fourth-order valence-electron chi connectivity index (χ4n) is 2.04. The van der Waals surface area contributed by atoms with Crippen molar-refractivity contribution in [2.24, 2.45) is 0 Å². The van der Waals surface area contributed by atoms with Crippen LogP contribution in [-0.4, -0.2) is 8.96 Å². The first-order valence-corrected chi connectivity index (χ1v) is 8.60. The molecule has 2 aromatic carbocycles. The number of rotatable bonds is 4. The van der Waals surface area contributed by atoms with Crippen molar-refractivity contribution in [3.63, 3.8) is 0 Å². The summed E-state index contributed by atoms with van der Waals surface area (Å²) in [5.74, 6) is 0. The zero-order chi connectivity index (χ0) is 16.3. The average Bonchev–Trinajstić information content (AvgIpc) is 2.47. The molecule has 2 atom stereocenters. The van der Waals surface area contributed by atoms with Crippen LogP contribution in [0, 0.1) is 0 Å². The second-order valence-electron chi connectivity index (χ2n) is 6.12. The molecule has 0 spiro atoms. The van der Waals surface area contributed by atoms with Crippen LogP contribution in [0.1, 0.15) is 37.9 Å². The largest absolute Gasteiger partial charge is 0.398 e. The topological polar surface area (TPSA) is 55.1 Å². The fraction of sp³-hybridized carbons (Fsp3) is 0.294. The summed E-state index contributed by atoms with van der Waals surface area (Å²) >= 11 is 6.12. The molecule has 2 aromatic rings. The van der Waals surface area contributed by atoms with Crippen molar-refractivity contribution in [3.8, 4) is 0 Å². The molecule has 0 aliphatic rings. The van der Waals surface area contributed by atoms with Crippen LogP contribution >= 0.6 is 11.6 Å². The molecular weight excluding hydrogens is 316 g/mol. The van der Waals surface area contributed by atoms with Gasteiger partial charge in [0.05, 0.1) is 21.8 Å². The lowest BCUT2D eigenvalue weighted by Crippen LogP contribution is -2.36. The minimum absolute atomic E-state index is 0.278.